The molecule has 8 heteroatoms. The number of sulfone groups is 1. The molecule has 0 amide bonds. The van der Waals surface area contributed by atoms with E-state index in [0.29, 0.717) is 16.2 Å². The summed E-state index contributed by atoms with van der Waals surface area (Å²) in [6.07, 6.45) is 2.93. The Morgan fingerprint density at radius 3 is 2.55 bits per heavy atom. The molecule has 2 aromatic rings. The van der Waals surface area contributed by atoms with Crippen molar-refractivity contribution in [2.24, 2.45) is 0 Å². The SMILES string of the molecule is CSc1ccc(-c2cc(C(=O)O)[nH]n2)cc1S(C)(=O)=O. The van der Waals surface area contributed by atoms with Crippen LogP contribution in [0.15, 0.2) is 34.1 Å². The molecule has 0 saturated carbocycles. The van der Waals surface area contributed by atoms with Gasteiger partial charge in [-0.1, -0.05) is 6.07 Å². The van der Waals surface area contributed by atoms with E-state index in [4.69, 9.17) is 5.11 Å². The summed E-state index contributed by atoms with van der Waals surface area (Å²) in [7, 11) is -3.36. The van der Waals surface area contributed by atoms with Crippen LogP contribution in [0.5, 0.6) is 0 Å². The van der Waals surface area contributed by atoms with E-state index in [1.54, 1.807) is 18.4 Å². The maximum atomic E-state index is 11.8. The fourth-order valence-corrected chi connectivity index (χ4v) is 3.65. The largest absolute Gasteiger partial charge is 0.477 e. The number of thioether (sulfide) groups is 1. The first-order valence-electron chi connectivity index (χ1n) is 5.50. The van der Waals surface area contributed by atoms with Gasteiger partial charge in [0.05, 0.1) is 10.6 Å². The van der Waals surface area contributed by atoms with Crippen LogP contribution in [0.4, 0.5) is 0 Å². The average molecular weight is 312 g/mol. The minimum absolute atomic E-state index is 0.0464. The van der Waals surface area contributed by atoms with Gasteiger partial charge in [0, 0.05) is 16.7 Å². The number of carboxylic acid groups (broad SMARTS) is 1. The molecule has 106 valence electrons. The van der Waals surface area contributed by atoms with Crippen LogP contribution in [0.3, 0.4) is 0 Å². The topological polar surface area (TPSA) is 100 Å². The normalized spacial score (nSPS) is 11.5. The molecule has 1 aromatic carbocycles. The van der Waals surface area contributed by atoms with Crippen molar-refractivity contribution in [3.63, 3.8) is 0 Å². The van der Waals surface area contributed by atoms with Crippen molar-refractivity contribution < 1.29 is 18.3 Å². The molecule has 0 spiro atoms. The molecule has 0 saturated heterocycles. The second kappa shape index (κ2) is 5.29. The summed E-state index contributed by atoms with van der Waals surface area (Å²) in [4.78, 5) is 11.7. The van der Waals surface area contributed by atoms with E-state index in [0.717, 1.165) is 6.26 Å². The van der Waals surface area contributed by atoms with Crippen molar-refractivity contribution >= 4 is 27.6 Å². The lowest BCUT2D eigenvalue weighted by Gasteiger charge is -2.07. The van der Waals surface area contributed by atoms with Crippen LogP contribution >= 0.6 is 11.8 Å². The molecule has 6 nitrogen and oxygen atoms in total. The van der Waals surface area contributed by atoms with Gasteiger partial charge in [-0.05, 0) is 24.5 Å². The smallest absolute Gasteiger partial charge is 0.353 e. The Kier molecular flexibility index (Phi) is 3.87. The molecule has 0 aliphatic carbocycles. The predicted octanol–water partition coefficient (Wildman–Crippen LogP) is 1.90. The zero-order chi connectivity index (χ0) is 14.9. The molecule has 0 unspecified atom stereocenters. The van der Waals surface area contributed by atoms with E-state index in [1.807, 2.05) is 0 Å². The van der Waals surface area contributed by atoms with Gasteiger partial charge < -0.3 is 5.11 Å². The first-order chi connectivity index (χ1) is 9.32. The zero-order valence-corrected chi connectivity index (χ0v) is 12.4. The van der Waals surface area contributed by atoms with Crippen molar-refractivity contribution in [3.8, 4) is 11.3 Å². The predicted molar refractivity (Wildman–Crippen MR) is 75.9 cm³/mol. The van der Waals surface area contributed by atoms with Crippen molar-refractivity contribution in [1.82, 2.24) is 10.2 Å². The lowest BCUT2D eigenvalue weighted by Crippen LogP contribution is -1.99. The Bertz CT molecular complexity index is 766. The summed E-state index contributed by atoms with van der Waals surface area (Å²) in [5.41, 5.74) is 0.891. The highest BCUT2D eigenvalue weighted by Gasteiger charge is 2.16. The van der Waals surface area contributed by atoms with Crippen molar-refractivity contribution in [2.75, 3.05) is 12.5 Å². The Balaban J connectivity index is 2.55. The average Bonchev–Trinajstić information content (AvgIpc) is 2.86. The first-order valence-corrected chi connectivity index (χ1v) is 8.61. The van der Waals surface area contributed by atoms with Gasteiger partial charge >= 0.3 is 5.97 Å². The molecule has 0 atom stereocenters. The molecular formula is C12H12N2O4S2. The Hall–Kier alpha value is -1.80. The maximum absolute atomic E-state index is 11.8. The van der Waals surface area contributed by atoms with E-state index in [2.05, 4.69) is 10.2 Å². The van der Waals surface area contributed by atoms with Crippen LogP contribution in [-0.2, 0) is 9.84 Å². The molecule has 0 aliphatic heterocycles. The Labute approximate surface area is 120 Å². The number of H-pyrrole nitrogens is 1. The Morgan fingerprint density at radius 2 is 2.05 bits per heavy atom. The summed E-state index contributed by atoms with van der Waals surface area (Å²) in [5, 5.41) is 15.1. The highest BCUT2D eigenvalue weighted by Crippen LogP contribution is 2.29. The number of aromatic nitrogens is 2. The molecule has 1 heterocycles. The van der Waals surface area contributed by atoms with Crippen LogP contribution in [-0.4, -0.2) is 42.2 Å². The van der Waals surface area contributed by atoms with Crippen LogP contribution in [0.25, 0.3) is 11.3 Å². The van der Waals surface area contributed by atoms with Crippen molar-refractivity contribution in [2.45, 2.75) is 9.79 Å². The van der Waals surface area contributed by atoms with Crippen molar-refractivity contribution in [3.05, 3.63) is 30.0 Å². The molecule has 1 aromatic heterocycles. The van der Waals surface area contributed by atoms with E-state index >= 15 is 0 Å². The van der Waals surface area contributed by atoms with Gasteiger partial charge in [-0.2, -0.15) is 5.10 Å². The van der Waals surface area contributed by atoms with E-state index in [1.165, 1.54) is 23.9 Å². The number of carboxylic acids is 1. The Morgan fingerprint density at radius 1 is 1.35 bits per heavy atom. The zero-order valence-electron chi connectivity index (χ0n) is 10.7. The number of hydrogen-bond acceptors (Lipinski definition) is 5. The van der Waals surface area contributed by atoms with Gasteiger partial charge in [-0.15, -0.1) is 11.8 Å². The minimum Gasteiger partial charge on any atom is -0.477 e. The summed E-state index contributed by atoms with van der Waals surface area (Å²) in [6.45, 7) is 0. The summed E-state index contributed by atoms with van der Waals surface area (Å²) < 4.78 is 23.5. The number of benzene rings is 1. The van der Waals surface area contributed by atoms with Crippen LogP contribution in [0, 0.1) is 0 Å². The number of rotatable bonds is 4. The molecule has 0 bridgehead atoms. The number of aromatic carboxylic acids is 1. The standard InChI is InChI=1S/C12H12N2O4S2/c1-19-10-4-3-7(5-11(10)20(2,17)18)8-6-9(12(15)16)14-13-8/h3-6H,1-2H3,(H,13,14)(H,15,16). The van der Waals surface area contributed by atoms with Crippen LogP contribution in [0.1, 0.15) is 10.5 Å². The monoisotopic (exact) mass is 312 g/mol. The number of hydrogen-bond donors (Lipinski definition) is 2. The molecule has 0 fully saturated rings. The van der Waals surface area contributed by atoms with E-state index < -0.39 is 15.8 Å². The van der Waals surface area contributed by atoms with Gasteiger partial charge in [0.2, 0.25) is 0 Å². The molecule has 2 rings (SSSR count). The third kappa shape index (κ3) is 2.86. The van der Waals surface area contributed by atoms with Gasteiger partial charge in [-0.3, -0.25) is 5.10 Å². The van der Waals surface area contributed by atoms with E-state index in [-0.39, 0.29) is 10.6 Å². The highest BCUT2D eigenvalue weighted by molar-refractivity contribution is 7.99. The second-order valence-electron chi connectivity index (χ2n) is 4.11. The van der Waals surface area contributed by atoms with E-state index in [9.17, 15) is 13.2 Å². The number of aromatic amines is 1. The lowest BCUT2D eigenvalue weighted by molar-refractivity contribution is 0.0690. The molecule has 0 radical (unpaired) electrons. The van der Waals surface area contributed by atoms with Gasteiger partial charge in [0.15, 0.2) is 9.84 Å². The summed E-state index contributed by atoms with van der Waals surface area (Å²) >= 11 is 1.33. The number of nitrogens with zero attached hydrogens (tertiary/aromatic N) is 1. The first kappa shape index (κ1) is 14.6. The third-order valence-corrected chi connectivity index (χ3v) is 4.73. The van der Waals surface area contributed by atoms with Crippen LogP contribution in [0.2, 0.25) is 0 Å². The number of nitrogens with one attached hydrogen (secondary N) is 1. The minimum atomic E-state index is -3.36. The summed E-state index contributed by atoms with van der Waals surface area (Å²) in [6, 6.07) is 6.26. The quantitative estimate of drug-likeness (QED) is 0.836. The van der Waals surface area contributed by atoms with Gasteiger partial charge in [0.1, 0.15) is 5.69 Å². The molecular weight excluding hydrogens is 300 g/mol. The highest BCUT2D eigenvalue weighted by atomic mass is 32.2. The second-order valence-corrected chi connectivity index (χ2v) is 6.94. The molecule has 20 heavy (non-hydrogen) atoms. The maximum Gasteiger partial charge on any atom is 0.353 e. The molecule has 0 aliphatic rings. The fourth-order valence-electron chi connectivity index (χ4n) is 1.70. The van der Waals surface area contributed by atoms with Crippen molar-refractivity contribution in [1.29, 1.82) is 0 Å². The molecule has 2 N–H and O–H groups in total. The van der Waals surface area contributed by atoms with Crippen LogP contribution < -0.4 is 0 Å². The number of carbonyl (C=O) groups is 1. The lowest BCUT2D eigenvalue weighted by atomic mass is 10.1. The fraction of sp³-hybridized carbons (Fsp3) is 0.167. The third-order valence-electron chi connectivity index (χ3n) is 2.67. The van der Waals surface area contributed by atoms with Gasteiger partial charge in [0.25, 0.3) is 0 Å². The van der Waals surface area contributed by atoms with Gasteiger partial charge in [-0.25, -0.2) is 13.2 Å². The summed E-state index contributed by atoms with van der Waals surface area (Å²) in [5.74, 6) is -1.12.